The molecule has 0 amide bonds. The molecule has 2 N–H and O–H groups in total. The Morgan fingerprint density at radius 1 is 1.11 bits per heavy atom. The third-order valence-electron chi connectivity index (χ3n) is 2.87. The van der Waals surface area contributed by atoms with Gasteiger partial charge in [0.25, 0.3) is 0 Å². The molecule has 4 heteroatoms. The van der Waals surface area contributed by atoms with Crippen LogP contribution < -0.4 is 0 Å². The third kappa shape index (κ3) is 1.73. The second-order valence-corrected chi connectivity index (χ2v) is 4.02. The van der Waals surface area contributed by atoms with Gasteiger partial charge in [-0.15, -0.1) is 0 Å². The van der Waals surface area contributed by atoms with Crippen molar-refractivity contribution in [3.8, 4) is 11.1 Å². The van der Waals surface area contributed by atoms with Crippen LogP contribution in [0.4, 0.5) is 0 Å². The molecule has 0 saturated carbocycles. The maximum absolute atomic E-state index is 10.7. The topological polar surface area (TPSA) is 66.0 Å². The maximum Gasteiger partial charge on any atom is 0.354 e. The molecule has 0 aliphatic carbocycles. The Balaban J connectivity index is 2.05. The summed E-state index contributed by atoms with van der Waals surface area (Å²) in [6.45, 7) is 0. The molecule has 0 aliphatic heterocycles. The van der Waals surface area contributed by atoms with E-state index in [-0.39, 0.29) is 5.69 Å². The predicted molar refractivity (Wildman–Crippen MR) is 68.5 cm³/mol. The highest BCUT2D eigenvalue weighted by Crippen LogP contribution is 2.23. The van der Waals surface area contributed by atoms with Gasteiger partial charge in [0.15, 0.2) is 0 Å². The molecular weight excluding hydrogens is 228 g/mol. The van der Waals surface area contributed by atoms with Crippen LogP contribution in [0, 0.1) is 0 Å². The highest BCUT2D eigenvalue weighted by atomic mass is 16.4. The minimum atomic E-state index is -1.01. The molecule has 0 aliphatic rings. The average molecular weight is 238 g/mol. The number of rotatable bonds is 2. The number of aromatic nitrogens is 2. The van der Waals surface area contributed by atoms with Crippen LogP contribution in [0.15, 0.2) is 48.8 Å². The summed E-state index contributed by atoms with van der Waals surface area (Å²) in [5.74, 6) is -1.01. The van der Waals surface area contributed by atoms with Gasteiger partial charge in [0.1, 0.15) is 5.69 Å². The molecule has 4 nitrogen and oxygen atoms in total. The van der Waals surface area contributed by atoms with E-state index in [0.29, 0.717) is 0 Å². The van der Waals surface area contributed by atoms with E-state index in [1.807, 2.05) is 30.5 Å². The molecule has 0 atom stereocenters. The summed E-state index contributed by atoms with van der Waals surface area (Å²) < 4.78 is 0. The SMILES string of the molecule is O=C(O)c1ccc(-c2ccc3[nH]ccc3c2)cn1. The normalized spacial score (nSPS) is 10.7. The summed E-state index contributed by atoms with van der Waals surface area (Å²) in [5, 5.41) is 9.91. The highest BCUT2D eigenvalue weighted by Gasteiger charge is 2.05. The molecule has 3 aromatic rings. The van der Waals surface area contributed by atoms with E-state index < -0.39 is 5.97 Å². The van der Waals surface area contributed by atoms with Crippen LogP contribution in [-0.4, -0.2) is 21.0 Å². The Hall–Kier alpha value is -2.62. The van der Waals surface area contributed by atoms with Crippen molar-refractivity contribution >= 4 is 16.9 Å². The Bertz CT molecular complexity index is 714. The minimum Gasteiger partial charge on any atom is -0.477 e. The van der Waals surface area contributed by atoms with Crippen molar-refractivity contribution in [2.24, 2.45) is 0 Å². The number of aromatic amines is 1. The van der Waals surface area contributed by atoms with Crippen molar-refractivity contribution in [3.63, 3.8) is 0 Å². The van der Waals surface area contributed by atoms with E-state index in [2.05, 4.69) is 9.97 Å². The van der Waals surface area contributed by atoms with E-state index in [1.54, 1.807) is 12.3 Å². The van der Waals surface area contributed by atoms with Crippen LogP contribution in [0.3, 0.4) is 0 Å². The third-order valence-corrected chi connectivity index (χ3v) is 2.87. The Morgan fingerprint density at radius 2 is 1.94 bits per heavy atom. The first kappa shape index (κ1) is 10.5. The molecule has 2 heterocycles. The zero-order valence-corrected chi connectivity index (χ0v) is 9.42. The number of hydrogen-bond acceptors (Lipinski definition) is 2. The zero-order valence-electron chi connectivity index (χ0n) is 9.42. The van der Waals surface area contributed by atoms with Crippen LogP contribution >= 0.6 is 0 Å². The van der Waals surface area contributed by atoms with Gasteiger partial charge >= 0.3 is 5.97 Å². The predicted octanol–water partition coefficient (Wildman–Crippen LogP) is 2.93. The lowest BCUT2D eigenvalue weighted by Gasteiger charge is -2.02. The smallest absolute Gasteiger partial charge is 0.354 e. The van der Waals surface area contributed by atoms with E-state index in [4.69, 9.17) is 5.11 Å². The van der Waals surface area contributed by atoms with Crippen molar-refractivity contribution in [2.45, 2.75) is 0 Å². The first-order valence-electron chi connectivity index (χ1n) is 5.51. The monoisotopic (exact) mass is 238 g/mol. The number of H-pyrrole nitrogens is 1. The van der Waals surface area contributed by atoms with Gasteiger partial charge in [-0.25, -0.2) is 9.78 Å². The Labute approximate surface area is 103 Å². The van der Waals surface area contributed by atoms with Crippen LogP contribution in [0.1, 0.15) is 10.5 Å². The molecule has 88 valence electrons. The molecule has 2 aromatic heterocycles. The first-order chi connectivity index (χ1) is 8.74. The van der Waals surface area contributed by atoms with Crippen LogP contribution in [0.5, 0.6) is 0 Å². The highest BCUT2D eigenvalue weighted by molar-refractivity contribution is 5.87. The van der Waals surface area contributed by atoms with Gasteiger partial charge < -0.3 is 10.1 Å². The van der Waals surface area contributed by atoms with Crippen LogP contribution in [0.2, 0.25) is 0 Å². The molecule has 0 radical (unpaired) electrons. The van der Waals surface area contributed by atoms with Gasteiger partial charge in [0, 0.05) is 23.5 Å². The number of aromatic carboxylic acids is 1. The minimum absolute atomic E-state index is 0.0569. The number of benzene rings is 1. The second kappa shape index (κ2) is 4.00. The fourth-order valence-corrected chi connectivity index (χ4v) is 1.92. The molecule has 0 bridgehead atoms. The van der Waals surface area contributed by atoms with Crippen molar-refractivity contribution in [1.82, 2.24) is 9.97 Å². The summed E-state index contributed by atoms with van der Waals surface area (Å²) in [4.78, 5) is 17.8. The second-order valence-electron chi connectivity index (χ2n) is 4.02. The van der Waals surface area contributed by atoms with Crippen molar-refractivity contribution < 1.29 is 9.90 Å². The van der Waals surface area contributed by atoms with E-state index in [1.165, 1.54) is 6.07 Å². The summed E-state index contributed by atoms with van der Waals surface area (Å²) in [6, 6.07) is 11.3. The number of nitrogens with zero attached hydrogens (tertiary/aromatic N) is 1. The fourth-order valence-electron chi connectivity index (χ4n) is 1.92. The van der Waals surface area contributed by atoms with E-state index >= 15 is 0 Å². The van der Waals surface area contributed by atoms with Gasteiger partial charge in [-0.05, 0) is 35.2 Å². The molecule has 0 unspecified atom stereocenters. The van der Waals surface area contributed by atoms with Crippen LogP contribution in [-0.2, 0) is 0 Å². The number of nitrogens with one attached hydrogen (secondary N) is 1. The lowest BCUT2D eigenvalue weighted by Crippen LogP contribution is -1.99. The lowest BCUT2D eigenvalue weighted by molar-refractivity contribution is 0.0690. The number of fused-ring (bicyclic) bond motifs is 1. The molecule has 18 heavy (non-hydrogen) atoms. The molecular formula is C14H10N2O2. The van der Waals surface area contributed by atoms with Gasteiger partial charge in [-0.3, -0.25) is 0 Å². The molecule has 3 rings (SSSR count). The summed E-state index contributed by atoms with van der Waals surface area (Å²) in [6.07, 6.45) is 3.47. The molecule has 0 fully saturated rings. The first-order valence-corrected chi connectivity index (χ1v) is 5.51. The van der Waals surface area contributed by atoms with Crippen LogP contribution in [0.25, 0.3) is 22.0 Å². The zero-order chi connectivity index (χ0) is 12.5. The van der Waals surface area contributed by atoms with Gasteiger partial charge in [0.2, 0.25) is 0 Å². The molecule has 0 spiro atoms. The maximum atomic E-state index is 10.7. The quantitative estimate of drug-likeness (QED) is 0.721. The van der Waals surface area contributed by atoms with Crippen molar-refractivity contribution in [3.05, 3.63) is 54.5 Å². The Kier molecular flexibility index (Phi) is 2.34. The number of carboxylic acid groups (broad SMARTS) is 1. The summed E-state index contributed by atoms with van der Waals surface area (Å²) in [5.41, 5.74) is 3.06. The van der Waals surface area contributed by atoms with E-state index in [9.17, 15) is 4.79 Å². The van der Waals surface area contributed by atoms with Gasteiger partial charge in [0.05, 0.1) is 0 Å². The van der Waals surface area contributed by atoms with E-state index in [0.717, 1.165) is 22.0 Å². The summed E-state index contributed by atoms with van der Waals surface area (Å²) >= 11 is 0. The Morgan fingerprint density at radius 3 is 2.67 bits per heavy atom. The average Bonchev–Trinajstić information content (AvgIpc) is 2.86. The van der Waals surface area contributed by atoms with Crippen molar-refractivity contribution in [2.75, 3.05) is 0 Å². The number of carboxylic acids is 1. The van der Waals surface area contributed by atoms with Crippen molar-refractivity contribution in [1.29, 1.82) is 0 Å². The molecule has 1 aromatic carbocycles. The number of pyridine rings is 1. The van der Waals surface area contributed by atoms with Gasteiger partial charge in [-0.1, -0.05) is 12.1 Å². The number of carbonyl (C=O) groups is 1. The lowest BCUT2D eigenvalue weighted by atomic mass is 10.1. The van der Waals surface area contributed by atoms with Gasteiger partial charge in [-0.2, -0.15) is 0 Å². The molecule has 0 saturated heterocycles. The fraction of sp³-hybridized carbons (Fsp3) is 0. The number of hydrogen-bond donors (Lipinski definition) is 2. The largest absolute Gasteiger partial charge is 0.477 e. The summed E-state index contributed by atoms with van der Waals surface area (Å²) in [7, 11) is 0. The standard InChI is InChI=1S/C14H10N2O2/c17-14(18)13-4-2-11(8-16-13)9-1-3-12-10(7-9)5-6-15-12/h1-8,15H,(H,17,18).